The van der Waals surface area contributed by atoms with Crippen LogP contribution in [-0.2, 0) is 4.74 Å². The molecule has 1 aliphatic rings. The largest absolute Gasteiger partial charge is 0.393 e. The lowest BCUT2D eigenvalue weighted by Crippen LogP contribution is -2.34. The third kappa shape index (κ3) is 4.06. The van der Waals surface area contributed by atoms with Gasteiger partial charge in [0.25, 0.3) is 0 Å². The van der Waals surface area contributed by atoms with Gasteiger partial charge in [0.1, 0.15) is 0 Å². The molecule has 3 atom stereocenters. The van der Waals surface area contributed by atoms with Crippen LogP contribution in [0.15, 0.2) is 0 Å². The third-order valence-electron chi connectivity index (χ3n) is 4.09. The Morgan fingerprint density at radius 2 is 1.94 bits per heavy atom. The molecule has 3 unspecified atom stereocenters. The molecule has 1 rings (SSSR count). The molecule has 1 saturated carbocycles. The van der Waals surface area contributed by atoms with Gasteiger partial charge in [0, 0.05) is 13.7 Å². The Labute approximate surface area is 100 Å². The lowest BCUT2D eigenvalue weighted by Gasteiger charge is -2.40. The molecule has 2 heteroatoms. The van der Waals surface area contributed by atoms with Gasteiger partial charge in [-0.05, 0) is 49.4 Å². The van der Waals surface area contributed by atoms with Crippen LogP contribution in [0.5, 0.6) is 0 Å². The number of rotatable bonds is 4. The predicted octanol–water partition coefficient (Wildman–Crippen LogP) is 3.24. The van der Waals surface area contributed by atoms with Gasteiger partial charge in [-0.3, -0.25) is 0 Å². The van der Waals surface area contributed by atoms with E-state index in [2.05, 4.69) is 20.8 Å². The van der Waals surface area contributed by atoms with Crippen LogP contribution in [0.1, 0.15) is 52.9 Å². The summed E-state index contributed by atoms with van der Waals surface area (Å²) in [7, 11) is 1.75. The SMILES string of the molecule is COCCCC1CC(C(C)(C)C)CCC1O. The Kier molecular flexibility index (Phi) is 5.26. The van der Waals surface area contributed by atoms with E-state index >= 15 is 0 Å². The maximum absolute atomic E-state index is 10.0. The second kappa shape index (κ2) is 6.02. The van der Waals surface area contributed by atoms with E-state index < -0.39 is 0 Å². The molecule has 0 aromatic carbocycles. The quantitative estimate of drug-likeness (QED) is 0.749. The van der Waals surface area contributed by atoms with Crippen molar-refractivity contribution in [2.24, 2.45) is 17.3 Å². The number of hydrogen-bond acceptors (Lipinski definition) is 2. The smallest absolute Gasteiger partial charge is 0.0568 e. The Morgan fingerprint density at radius 3 is 2.50 bits per heavy atom. The van der Waals surface area contributed by atoms with Crippen LogP contribution in [-0.4, -0.2) is 24.9 Å². The zero-order chi connectivity index (χ0) is 12.2. The average Bonchev–Trinajstić information content (AvgIpc) is 2.19. The van der Waals surface area contributed by atoms with Crippen LogP contribution in [0.25, 0.3) is 0 Å². The van der Waals surface area contributed by atoms with Crippen molar-refractivity contribution in [1.82, 2.24) is 0 Å². The summed E-state index contributed by atoms with van der Waals surface area (Å²) in [5.41, 5.74) is 0.389. The standard InChI is InChI=1S/C14H28O2/c1-14(2,3)12-7-8-13(15)11(10-12)6-5-9-16-4/h11-13,15H,5-10H2,1-4H3. The maximum atomic E-state index is 10.0. The molecular formula is C14H28O2. The summed E-state index contributed by atoms with van der Waals surface area (Å²) in [5, 5.41) is 10.0. The van der Waals surface area contributed by atoms with Crippen molar-refractivity contribution in [2.45, 2.75) is 59.0 Å². The van der Waals surface area contributed by atoms with Gasteiger partial charge in [-0.15, -0.1) is 0 Å². The topological polar surface area (TPSA) is 29.5 Å². The molecule has 16 heavy (non-hydrogen) atoms. The first-order valence-corrected chi connectivity index (χ1v) is 6.62. The first kappa shape index (κ1) is 14.0. The number of aliphatic hydroxyl groups excluding tert-OH is 1. The summed E-state index contributed by atoms with van der Waals surface area (Å²) in [6.45, 7) is 7.79. The molecule has 0 aromatic rings. The minimum Gasteiger partial charge on any atom is -0.393 e. The van der Waals surface area contributed by atoms with Crippen molar-refractivity contribution in [1.29, 1.82) is 0 Å². The summed E-state index contributed by atoms with van der Waals surface area (Å²) >= 11 is 0. The normalized spacial score (nSPS) is 31.7. The molecule has 1 N–H and O–H groups in total. The van der Waals surface area contributed by atoms with Gasteiger partial charge in [-0.1, -0.05) is 20.8 Å². The second-order valence-electron chi connectivity index (χ2n) is 6.34. The monoisotopic (exact) mass is 228 g/mol. The van der Waals surface area contributed by atoms with E-state index in [1.54, 1.807) is 7.11 Å². The Balaban J connectivity index is 2.42. The number of ether oxygens (including phenoxy) is 1. The van der Waals surface area contributed by atoms with Crippen molar-refractivity contribution in [3.05, 3.63) is 0 Å². The molecule has 1 fully saturated rings. The molecule has 1 aliphatic carbocycles. The van der Waals surface area contributed by atoms with Crippen molar-refractivity contribution in [3.8, 4) is 0 Å². The molecule has 0 aromatic heterocycles. The summed E-state index contributed by atoms with van der Waals surface area (Å²) in [5.74, 6) is 1.26. The van der Waals surface area contributed by atoms with Gasteiger partial charge >= 0.3 is 0 Å². The molecule has 2 nitrogen and oxygen atoms in total. The Hall–Kier alpha value is -0.0800. The minimum absolute atomic E-state index is 0.0737. The van der Waals surface area contributed by atoms with E-state index in [1.807, 2.05) is 0 Å². The van der Waals surface area contributed by atoms with Gasteiger partial charge in [-0.25, -0.2) is 0 Å². The summed E-state index contributed by atoms with van der Waals surface area (Å²) < 4.78 is 5.08. The van der Waals surface area contributed by atoms with Gasteiger partial charge in [-0.2, -0.15) is 0 Å². The fraction of sp³-hybridized carbons (Fsp3) is 1.00. The lowest BCUT2D eigenvalue weighted by atomic mass is 9.67. The Bertz CT molecular complexity index is 195. The minimum atomic E-state index is -0.0737. The fourth-order valence-electron chi connectivity index (χ4n) is 2.83. The van der Waals surface area contributed by atoms with Crippen LogP contribution in [0.3, 0.4) is 0 Å². The van der Waals surface area contributed by atoms with Crippen LogP contribution >= 0.6 is 0 Å². The lowest BCUT2D eigenvalue weighted by molar-refractivity contribution is 0.0124. The van der Waals surface area contributed by atoms with Crippen molar-refractivity contribution in [3.63, 3.8) is 0 Å². The predicted molar refractivity (Wildman–Crippen MR) is 67.4 cm³/mol. The Morgan fingerprint density at radius 1 is 1.25 bits per heavy atom. The van der Waals surface area contributed by atoms with E-state index in [9.17, 15) is 5.11 Å². The number of hydrogen-bond donors (Lipinski definition) is 1. The molecule has 0 amide bonds. The van der Waals surface area contributed by atoms with Gasteiger partial charge < -0.3 is 9.84 Å². The van der Waals surface area contributed by atoms with Crippen molar-refractivity contribution >= 4 is 0 Å². The highest BCUT2D eigenvalue weighted by molar-refractivity contribution is 4.85. The van der Waals surface area contributed by atoms with Crippen molar-refractivity contribution in [2.75, 3.05) is 13.7 Å². The van der Waals surface area contributed by atoms with Gasteiger partial charge in [0.2, 0.25) is 0 Å². The molecule has 0 saturated heterocycles. The molecule has 0 spiro atoms. The highest BCUT2D eigenvalue weighted by Gasteiger charge is 2.34. The fourth-order valence-corrected chi connectivity index (χ4v) is 2.83. The number of methoxy groups -OCH3 is 1. The second-order valence-corrected chi connectivity index (χ2v) is 6.34. The van der Waals surface area contributed by atoms with Gasteiger partial charge in [0.05, 0.1) is 6.10 Å². The maximum Gasteiger partial charge on any atom is 0.0568 e. The molecule has 0 radical (unpaired) electrons. The molecule has 0 aliphatic heterocycles. The van der Waals surface area contributed by atoms with Crippen LogP contribution in [0, 0.1) is 17.3 Å². The number of aliphatic hydroxyl groups is 1. The van der Waals surface area contributed by atoms with Crippen LogP contribution in [0.4, 0.5) is 0 Å². The first-order valence-electron chi connectivity index (χ1n) is 6.62. The van der Waals surface area contributed by atoms with Crippen LogP contribution in [0.2, 0.25) is 0 Å². The van der Waals surface area contributed by atoms with E-state index in [-0.39, 0.29) is 6.10 Å². The van der Waals surface area contributed by atoms with E-state index in [0.29, 0.717) is 11.3 Å². The summed E-state index contributed by atoms with van der Waals surface area (Å²) in [6.07, 6.45) is 5.48. The summed E-state index contributed by atoms with van der Waals surface area (Å²) in [4.78, 5) is 0. The highest BCUT2D eigenvalue weighted by Crippen LogP contribution is 2.41. The highest BCUT2D eigenvalue weighted by atomic mass is 16.5. The molecular weight excluding hydrogens is 200 g/mol. The van der Waals surface area contributed by atoms with Gasteiger partial charge in [0.15, 0.2) is 0 Å². The van der Waals surface area contributed by atoms with E-state index in [1.165, 1.54) is 12.8 Å². The van der Waals surface area contributed by atoms with Crippen molar-refractivity contribution < 1.29 is 9.84 Å². The zero-order valence-electron chi connectivity index (χ0n) is 11.3. The summed E-state index contributed by atoms with van der Waals surface area (Å²) in [6, 6.07) is 0. The molecule has 0 bridgehead atoms. The average molecular weight is 228 g/mol. The van der Waals surface area contributed by atoms with Crippen LogP contribution < -0.4 is 0 Å². The molecule has 0 heterocycles. The first-order chi connectivity index (χ1) is 7.45. The van der Waals surface area contributed by atoms with E-state index in [0.717, 1.165) is 31.8 Å². The zero-order valence-corrected chi connectivity index (χ0v) is 11.3. The third-order valence-corrected chi connectivity index (χ3v) is 4.09. The van der Waals surface area contributed by atoms with E-state index in [4.69, 9.17) is 4.74 Å². The molecule has 96 valence electrons.